The van der Waals surface area contributed by atoms with E-state index in [0.29, 0.717) is 19.8 Å². The first-order chi connectivity index (χ1) is 10.8. The van der Waals surface area contributed by atoms with Gasteiger partial charge in [0.1, 0.15) is 0 Å². The third kappa shape index (κ3) is 3.62. The van der Waals surface area contributed by atoms with Crippen molar-refractivity contribution < 1.29 is 14.3 Å². The second kappa shape index (κ2) is 7.44. The lowest BCUT2D eigenvalue weighted by atomic mass is 9.94. The number of nitrogens with zero attached hydrogens (tertiary/aromatic N) is 1. The predicted octanol–water partition coefficient (Wildman–Crippen LogP) is 2.57. The van der Waals surface area contributed by atoms with Crippen molar-refractivity contribution in [2.45, 2.75) is 37.8 Å². The molecule has 1 N–H and O–H groups in total. The largest absolute Gasteiger partial charge is 0.382 e. The fourth-order valence-corrected chi connectivity index (χ4v) is 4.21. The molecule has 5 nitrogen and oxygen atoms in total. The number of rotatable bonds is 5. The SMILES string of the molecule is COCCO[C@@H]1CCN(C(=O)N[C@@H]2CCCc3sccc32)C1. The zero-order valence-electron chi connectivity index (χ0n) is 13.0. The summed E-state index contributed by atoms with van der Waals surface area (Å²) in [6.45, 7) is 2.65. The Morgan fingerprint density at radius 1 is 1.45 bits per heavy atom. The number of methoxy groups -OCH3 is 1. The first-order valence-corrected chi connectivity index (χ1v) is 8.88. The summed E-state index contributed by atoms with van der Waals surface area (Å²) in [7, 11) is 1.67. The van der Waals surface area contributed by atoms with Crippen LogP contribution in [-0.2, 0) is 15.9 Å². The number of hydrogen-bond donors (Lipinski definition) is 1. The molecule has 0 saturated carbocycles. The maximum Gasteiger partial charge on any atom is 0.317 e. The van der Waals surface area contributed by atoms with E-state index in [0.717, 1.165) is 32.2 Å². The molecule has 1 aliphatic heterocycles. The lowest BCUT2D eigenvalue weighted by Gasteiger charge is -2.26. The number of carbonyl (C=O) groups is 1. The molecule has 0 aromatic carbocycles. The third-order valence-corrected chi connectivity index (χ3v) is 5.42. The summed E-state index contributed by atoms with van der Waals surface area (Å²) in [6, 6.07) is 2.38. The number of urea groups is 1. The molecule has 2 aliphatic rings. The Hall–Kier alpha value is -1.11. The highest BCUT2D eigenvalue weighted by Gasteiger charge is 2.29. The number of aryl methyl sites for hydroxylation is 1. The molecule has 0 bridgehead atoms. The van der Waals surface area contributed by atoms with Crippen LogP contribution in [0.3, 0.4) is 0 Å². The average Bonchev–Trinajstić information content (AvgIpc) is 3.16. The summed E-state index contributed by atoms with van der Waals surface area (Å²) in [6.07, 6.45) is 4.39. The van der Waals surface area contributed by atoms with E-state index in [1.807, 2.05) is 4.90 Å². The standard InChI is InChI=1S/C16H24N2O3S/c1-20-8-9-21-12-5-7-18(11-12)16(19)17-14-3-2-4-15-13(14)6-10-22-15/h6,10,12,14H,2-5,7-9,11H2,1H3,(H,17,19)/t12-,14-/m1/s1. The molecule has 0 unspecified atom stereocenters. The van der Waals surface area contributed by atoms with Gasteiger partial charge in [0.25, 0.3) is 0 Å². The lowest BCUT2D eigenvalue weighted by Crippen LogP contribution is -2.41. The van der Waals surface area contributed by atoms with Crippen LogP contribution >= 0.6 is 11.3 Å². The molecular weight excluding hydrogens is 300 g/mol. The molecule has 0 spiro atoms. The molecule has 122 valence electrons. The zero-order valence-corrected chi connectivity index (χ0v) is 13.9. The van der Waals surface area contributed by atoms with Crippen LogP contribution in [0.1, 0.15) is 35.7 Å². The number of ether oxygens (including phenoxy) is 2. The highest BCUT2D eigenvalue weighted by molar-refractivity contribution is 7.10. The number of likely N-dealkylation sites (tertiary alicyclic amines) is 1. The number of carbonyl (C=O) groups excluding carboxylic acids is 1. The van der Waals surface area contributed by atoms with Crippen molar-refractivity contribution in [2.24, 2.45) is 0 Å². The molecule has 2 heterocycles. The van der Waals surface area contributed by atoms with Gasteiger partial charge in [-0.15, -0.1) is 11.3 Å². The Balaban J connectivity index is 1.49. The summed E-state index contributed by atoms with van der Waals surface area (Å²) in [5.41, 5.74) is 1.32. The maximum atomic E-state index is 12.5. The van der Waals surface area contributed by atoms with E-state index in [1.54, 1.807) is 18.4 Å². The van der Waals surface area contributed by atoms with Gasteiger partial charge in [-0.05, 0) is 42.7 Å². The van der Waals surface area contributed by atoms with Gasteiger partial charge >= 0.3 is 6.03 Å². The highest BCUT2D eigenvalue weighted by Crippen LogP contribution is 2.33. The van der Waals surface area contributed by atoms with Gasteiger partial charge < -0.3 is 19.7 Å². The molecule has 0 radical (unpaired) electrons. The Labute approximate surface area is 135 Å². The van der Waals surface area contributed by atoms with Gasteiger partial charge in [-0.3, -0.25) is 0 Å². The van der Waals surface area contributed by atoms with E-state index in [4.69, 9.17) is 9.47 Å². The van der Waals surface area contributed by atoms with Gasteiger partial charge in [0.05, 0.1) is 25.4 Å². The number of hydrogen-bond acceptors (Lipinski definition) is 4. The number of fused-ring (bicyclic) bond motifs is 1. The quantitative estimate of drug-likeness (QED) is 0.847. The summed E-state index contributed by atoms with van der Waals surface area (Å²) in [4.78, 5) is 15.8. The van der Waals surface area contributed by atoms with E-state index in [-0.39, 0.29) is 18.2 Å². The average molecular weight is 324 g/mol. The van der Waals surface area contributed by atoms with Crippen molar-refractivity contribution in [1.29, 1.82) is 0 Å². The molecule has 1 aromatic rings. The van der Waals surface area contributed by atoms with Gasteiger partial charge in [0.2, 0.25) is 0 Å². The van der Waals surface area contributed by atoms with Crippen LogP contribution in [0.5, 0.6) is 0 Å². The van der Waals surface area contributed by atoms with Crippen molar-refractivity contribution in [3.05, 3.63) is 21.9 Å². The minimum atomic E-state index is 0.0434. The van der Waals surface area contributed by atoms with Crippen LogP contribution in [0.25, 0.3) is 0 Å². The van der Waals surface area contributed by atoms with Gasteiger partial charge in [0, 0.05) is 25.1 Å². The molecule has 3 rings (SSSR count). The third-order valence-electron chi connectivity index (χ3n) is 4.42. The van der Waals surface area contributed by atoms with E-state index in [1.165, 1.54) is 10.4 Å². The number of thiophene rings is 1. The summed E-state index contributed by atoms with van der Waals surface area (Å²) in [5.74, 6) is 0. The lowest BCUT2D eigenvalue weighted by molar-refractivity contribution is 0.0236. The molecule has 1 saturated heterocycles. The normalized spacial score (nSPS) is 24.3. The summed E-state index contributed by atoms with van der Waals surface area (Å²) < 4.78 is 10.7. The van der Waals surface area contributed by atoms with Crippen LogP contribution in [0.15, 0.2) is 11.4 Å². The molecule has 1 aromatic heterocycles. The van der Waals surface area contributed by atoms with Gasteiger partial charge in [-0.25, -0.2) is 4.79 Å². The molecule has 22 heavy (non-hydrogen) atoms. The molecule has 2 atom stereocenters. The molecule has 6 heteroatoms. The van der Waals surface area contributed by atoms with Crippen LogP contribution in [-0.4, -0.2) is 50.4 Å². The van der Waals surface area contributed by atoms with E-state index >= 15 is 0 Å². The smallest absolute Gasteiger partial charge is 0.317 e. The van der Waals surface area contributed by atoms with E-state index in [9.17, 15) is 4.79 Å². The number of nitrogens with one attached hydrogen (secondary N) is 1. The van der Waals surface area contributed by atoms with Crippen molar-refractivity contribution in [2.75, 3.05) is 33.4 Å². The summed E-state index contributed by atoms with van der Waals surface area (Å²) >= 11 is 1.80. The van der Waals surface area contributed by atoms with Crippen LogP contribution in [0.4, 0.5) is 4.79 Å². The molecule has 1 fully saturated rings. The van der Waals surface area contributed by atoms with Gasteiger partial charge in [-0.2, -0.15) is 0 Å². The molecular formula is C16H24N2O3S. The van der Waals surface area contributed by atoms with Gasteiger partial charge in [-0.1, -0.05) is 0 Å². The Morgan fingerprint density at radius 3 is 3.23 bits per heavy atom. The fraction of sp³-hybridized carbons (Fsp3) is 0.688. The Morgan fingerprint density at radius 2 is 2.36 bits per heavy atom. The first-order valence-electron chi connectivity index (χ1n) is 8.00. The van der Waals surface area contributed by atoms with Crippen molar-refractivity contribution in [1.82, 2.24) is 10.2 Å². The first kappa shape index (κ1) is 15.8. The second-order valence-corrected chi connectivity index (χ2v) is 6.91. The maximum absolute atomic E-state index is 12.5. The summed E-state index contributed by atoms with van der Waals surface area (Å²) in [5, 5.41) is 5.33. The predicted molar refractivity (Wildman–Crippen MR) is 86.3 cm³/mol. The minimum Gasteiger partial charge on any atom is -0.382 e. The van der Waals surface area contributed by atoms with Gasteiger partial charge in [0.15, 0.2) is 0 Å². The van der Waals surface area contributed by atoms with E-state index in [2.05, 4.69) is 16.8 Å². The Bertz CT molecular complexity index is 505. The van der Waals surface area contributed by atoms with Crippen LogP contribution < -0.4 is 5.32 Å². The zero-order chi connectivity index (χ0) is 15.4. The van der Waals surface area contributed by atoms with Crippen molar-refractivity contribution in [3.8, 4) is 0 Å². The molecule has 1 aliphatic carbocycles. The van der Waals surface area contributed by atoms with E-state index < -0.39 is 0 Å². The van der Waals surface area contributed by atoms with Crippen molar-refractivity contribution >= 4 is 17.4 Å². The minimum absolute atomic E-state index is 0.0434. The fourth-order valence-electron chi connectivity index (χ4n) is 3.22. The molecule has 2 amide bonds. The Kier molecular flexibility index (Phi) is 5.33. The van der Waals surface area contributed by atoms with Crippen molar-refractivity contribution in [3.63, 3.8) is 0 Å². The number of amides is 2. The van der Waals surface area contributed by atoms with Crippen LogP contribution in [0.2, 0.25) is 0 Å². The van der Waals surface area contributed by atoms with Crippen LogP contribution in [0, 0.1) is 0 Å². The second-order valence-electron chi connectivity index (χ2n) is 5.91. The highest BCUT2D eigenvalue weighted by atomic mass is 32.1. The monoisotopic (exact) mass is 324 g/mol. The topological polar surface area (TPSA) is 50.8 Å².